The second kappa shape index (κ2) is 12.5. The van der Waals surface area contributed by atoms with Crippen LogP contribution in [0.2, 0.25) is 0 Å². The van der Waals surface area contributed by atoms with Crippen molar-refractivity contribution in [2.45, 2.75) is 72.3 Å². The van der Waals surface area contributed by atoms with Crippen LogP contribution in [-0.2, 0) is 9.47 Å². The van der Waals surface area contributed by atoms with Gasteiger partial charge in [-0.3, -0.25) is 4.99 Å². The molecule has 0 bridgehead atoms. The van der Waals surface area contributed by atoms with Crippen LogP contribution in [0.15, 0.2) is 4.99 Å². The first-order chi connectivity index (χ1) is 12.0. The van der Waals surface area contributed by atoms with Gasteiger partial charge in [0.15, 0.2) is 5.96 Å². The summed E-state index contributed by atoms with van der Waals surface area (Å²) in [5.74, 6) is 1.08. The molecule has 25 heavy (non-hydrogen) atoms. The van der Waals surface area contributed by atoms with Gasteiger partial charge in [-0.15, -0.1) is 0 Å². The summed E-state index contributed by atoms with van der Waals surface area (Å²) in [6.45, 7) is 14.6. The van der Waals surface area contributed by atoms with E-state index in [0.717, 1.165) is 64.6 Å². The average molecular weight is 356 g/mol. The topological polar surface area (TPSA) is 46.1 Å². The highest BCUT2D eigenvalue weighted by Crippen LogP contribution is 2.21. The SMILES string of the molecule is CCNC(=NCCCCC(C)(C)C)N1CCC(OCCCOC)CC1. The van der Waals surface area contributed by atoms with Gasteiger partial charge in [0.25, 0.3) is 0 Å². The Morgan fingerprint density at radius 2 is 1.84 bits per heavy atom. The van der Waals surface area contributed by atoms with E-state index in [4.69, 9.17) is 14.5 Å². The van der Waals surface area contributed by atoms with Gasteiger partial charge in [-0.1, -0.05) is 27.2 Å². The second-order valence-corrected chi connectivity index (χ2v) is 8.16. The van der Waals surface area contributed by atoms with Gasteiger partial charge in [-0.05, 0) is 44.4 Å². The fourth-order valence-electron chi connectivity index (χ4n) is 3.07. The molecule has 0 aromatic rings. The molecule has 0 aliphatic carbocycles. The highest BCUT2D eigenvalue weighted by Gasteiger charge is 2.21. The van der Waals surface area contributed by atoms with Crippen molar-refractivity contribution in [3.05, 3.63) is 0 Å². The number of nitrogens with one attached hydrogen (secondary N) is 1. The number of hydrogen-bond donors (Lipinski definition) is 1. The Kier molecular flexibility index (Phi) is 11.1. The first kappa shape index (κ1) is 22.2. The smallest absolute Gasteiger partial charge is 0.193 e. The number of rotatable bonds is 10. The molecule has 0 spiro atoms. The summed E-state index contributed by atoms with van der Waals surface area (Å²) < 4.78 is 11.0. The van der Waals surface area contributed by atoms with Crippen LogP contribution in [0.5, 0.6) is 0 Å². The van der Waals surface area contributed by atoms with E-state index in [9.17, 15) is 0 Å². The second-order valence-electron chi connectivity index (χ2n) is 8.16. The van der Waals surface area contributed by atoms with Crippen molar-refractivity contribution in [1.82, 2.24) is 10.2 Å². The molecule has 0 saturated carbocycles. The van der Waals surface area contributed by atoms with E-state index in [1.807, 2.05) is 0 Å². The summed E-state index contributed by atoms with van der Waals surface area (Å²) >= 11 is 0. The van der Waals surface area contributed by atoms with Gasteiger partial charge in [-0.25, -0.2) is 0 Å². The van der Waals surface area contributed by atoms with Crippen LogP contribution in [0.25, 0.3) is 0 Å². The molecular formula is C20H41N3O2. The van der Waals surface area contributed by atoms with E-state index in [2.05, 4.69) is 37.9 Å². The molecule has 148 valence electrons. The van der Waals surface area contributed by atoms with E-state index >= 15 is 0 Å². The molecule has 1 fully saturated rings. The maximum atomic E-state index is 5.95. The van der Waals surface area contributed by atoms with Gasteiger partial charge in [0, 0.05) is 46.5 Å². The van der Waals surface area contributed by atoms with Crippen LogP contribution in [0, 0.1) is 5.41 Å². The third kappa shape index (κ3) is 10.7. The Morgan fingerprint density at radius 3 is 2.44 bits per heavy atom. The highest BCUT2D eigenvalue weighted by atomic mass is 16.5. The highest BCUT2D eigenvalue weighted by molar-refractivity contribution is 5.80. The number of aliphatic imine (C=N–C) groups is 1. The van der Waals surface area contributed by atoms with Gasteiger partial charge in [0.1, 0.15) is 0 Å². The molecule has 0 radical (unpaired) electrons. The van der Waals surface area contributed by atoms with E-state index in [1.165, 1.54) is 19.3 Å². The number of nitrogens with zero attached hydrogens (tertiary/aromatic N) is 2. The van der Waals surface area contributed by atoms with E-state index in [0.29, 0.717) is 11.5 Å². The summed E-state index contributed by atoms with van der Waals surface area (Å²) in [6.07, 6.45) is 7.24. The first-order valence-corrected chi connectivity index (χ1v) is 10.1. The van der Waals surface area contributed by atoms with Crippen LogP contribution in [0.4, 0.5) is 0 Å². The number of hydrogen-bond acceptors (Lipinski definition) is 3. The van der Waals surface area contributed by atoms with Crippen LogP contribution in [0.3, 0.4) is 0 Å². The molecule has 0 unspecified atom stereocenters. The van der Waals surface area contributed by atoms with Gasteiger partial charge in [0.05, 0.1) is 6.10 Å². The van der Waals surface area contributed by atoms with Crippen LogP contribution < -0.4 is 5.32 Å². The number of likely N-dealkylation sites (tertiary alicyclic amines) is 1. The lowest BCUT2D eigenvalue weighted by molar-refractivity contribution is 0.00990. The lowest BCUT2D eigenvalue weighted by atomic mass is 9.90. The minimum Gasteiger partial charge on any atom is -0.385 e. The zero-order chi connectivity index (χ0) is 18.5. The molecular weight excluding hydrogens is 314 g/mol. The van der Waals surface area contributed by atoms with Crippen molar-refractivity contribution in [3.63, 3.8) is 0 Å². The van der Waals surface area contributed by atoms with Crippen molar-refractivity contribution < 1.29 is 9.47 Å². The Hall–Kier alpha value is -0.810. The normalized spacial score (nSPS) is 17.2. The fourth-order valence-corrected chi connectivity index (χ4v) is 3.07. The van der Waals surface area contributed by atoms with Gasteiger partial charge >= 0.3 is 0 Å². The molecule has 5 heteroatoms. The van der Waals surface area contributed by atoms with Crippen molar-refractivity contribution in [3.8, 4) is 0 Å². The lowest BCUT2D eigenvalue weighted by Gasteiger charge is -2.34. The monoisotopic (exact) mass is 355 g/mol. The summed E-state index contributed by atoms with van der Waals surface area (Å²) in [6, 6.07) is 0. The van der Waals surface area contributed by atoms with Crippen molar-refractivity contribution in [2.75, 3.05) is 46.5 Å². The molecule has 1 aliphatic heterocycles. The maximum Gasteiger partial charge on any atom is 0.193 e. The van der Waals surface area contributed by atoms with Crippen LogP contribution >= 0.6 is 0 Å². The average Bonchev–Trinajstić information content (AvgIpc) is 2.57. The third-order valence-electron chi connectivity index (χ3n) is 4.52. The Labute approximate surface area is 155 Å². The van der Waals surface area contributed by atoms with Crippen molar-refractivity contribution in [2.24, 2.45) is 10.4 Å². The molecule has 0 atom stereocenters. The number of piperidine rings is 1. The predicted octanol–water partition coefficient (Wildman–Crippen LogP) is 3.69. The summed E-state index contributed by atoms with van der Waals surface area (Å²) in [4.78, 5) is 7.23. The molecule has 0 amide bonds. The molecule has 1 N–H and O–H groups in total. The third-order valence-corrected chi connectivity index (χ3v) is 4.52. The Morgan fingerprint density at radius 1 is 1.12 bits per heavy atom. The maximum absolute atomic E-state index is 5.95. The fraction of sp³-hybridized carbons (Fsp3) is 0.950. The van der Waals surface area contributed by atoms with Crippen LogP contribution in [-0.4, -0.2) is 63.5 Å². The molecule has 1 heterocycles. The largest absolute Gasteiger partial charge is 0.385 e. The summed E-state index contributed by atoms with van der Waals surface area (Å²) in [5.41, 5.74) is 0.430. The lowest BCUT2D eigenvalue weighted by Crippen LogP contribution is -2.47. The molecule has 5 nitrogen and oxygen atoms in total. The Balaban J connectivity index is 2.30. The van der Waals surface area contributed by atoms with E-state index < -0.39 is 0 Å². The van der Waals surface area contributed by atoms with Gasteiger partial charge < -0.3 is 19.7 Å². The number of methoxy groups -OCH3 is 1. The van der Waals surface area contributed by atoms with E-state index in [1.54, 1.807) is 7.11 Å². The first-order valence-electron chi connectivity index (χ1n) is 10.1. The quantitative estimate of drug-likeness (QED) is 0.369. The molecule has 1 saturated heterocycles. The standard InChI is InChI=1S/C20H41N3O2/c1-6-21-19(22-13-8-7-12-20(2,3)4)23-14-10-18(11-15-23)25-17-9-16-24-5/h18H,6-17H2,1-5H3,(H,21,22). The molecule has 0 aromatic carbocycles. The summed E-state index contributed by atoms with van der Waals surface area (Å²) in [5, 5.41) is 3.45. The zero-order valence-electron chi connectivity index (χ0n) is 17.3. The number of unbranched alkanes of at least 4 members (excludes halogenated alkanes) is 1. The minimum atomic E-state index is 0.391. The van der Waals surface area contributed by atoms with Crippen LogP contribution in [0.1, 0.15) is 66.2 Å². The molecule has 1 rings (SSSR count). The summed E-state index contributed by atoms with van der Waals surface area (Å²) in [7, 11) is 1.74. The zero-order valence-corrected chi connectivity index (χ0v) is 17.3. The predicted molar refractivity (Wildman–Crippen MR) is 106 cm³/mol. The van der Waals surface area contributed by atoms with Gasteiger partial charge in [0.2, 0.25) is 0 Å². The Bertz CT molecular complexity index is 358. The molecule has 1 aliphatic rings. The number of guanidine groups is 1. The molecule has 0 aromatic heterocycles. The van der Waals surface area contributed by atoms with E-state index in [-0.39, 0.29) is 0 Å². The van der Waals surface area contributed by atoms with Crippen molar-refractivity contribution in [1.29, 1.82) is 0 Å². The minimum absolute atomic E-state index is 0.391. The van der Waals surface area contributed by atoms with Gasteiger partial charge in [-0.2, -0.15) is 0 Å². The number of ether oxygens (including phenoxy) is 2. The van der Waals surface area contributed by atoms with Crippen molar-refractivity contribution >= 4 is 5.96 Å².